The molecule has 2 aliphatic rings. The zero-order valence-corrected chi connectivity index (χ0v) is 17.5. The van der Waals surface area contributed by atoms with Gasteiger partial charge in [-0.3, -0.25) is 14.9 Å². The first-order valence-electron chi connectivity index (χ1n) is 9.41. The van der Waals surface area contributed by atoms with Crippen LogP contribution >= 0.6 is 0 Å². The van der Waals surface area contributed by atoms with Crippen molar-refractivity contribution in [3.8, 4) is 0 Å². The zero-order valence-electron chi connectivity index (χ0n) is 16.6. The summed E-state index contributed by atoms with van der Waals surface area (Å²) in [6.45, 7) is 1.02. The molecule has 1 saturated carbocycles. The summed E-state index contributed by atoms with van der Waals surface area (Å²) in [4.78, 5) is 14.6. The summed E-state index contributed by atoms with van der Waals surface area (Å²) in [5, 5.41) is 19.8. The van der Waals surface area contributed by atoms with E-state index in [2.05, 4.69) is 26.9 Å². The van der Waals surface area contributed by atoms with Crippen molar-refractivity contribution in [3.05, 3.63) is 40.8 Å². The summed E-state index contributed by atoms with van der Waals surface area (Å²) in [7, 11) is 1.53. The van der Waals surface area contributed by atoms with E-state index in [0.29, 0.717) is 6.04 Å². The number of aromatic nitrogens is 1. The Bertz CT molecular complexity index is 587. The molecule has 2 heterocycles. The average molecular weight is 451 g/mol. The van der Waals surface area contributed by atoms with E-state index in [0.717, 1.165) is 31.5 Å². The number of piperidine rings is 1. The summed E-state index contributed by atoms with van der Waals surface area (Å²) in [5.41, 5.74) is 9.04. The largest absolute Gasteiger partial charge is 3.00 e. The molecule has 1 radical (unpaired) electrons. The minimum absolute atomic E-state index is 0. The Labute approximate surface area is 182 Å². The number of nitrogens with two attached hydrogens (primary N) is 1. The molecule has 10 heteroatoms. The van der Waals surface area contributed by atoms with E-state index in [4.69, 9.17) is 10.5 Å². The fourth-order valence-corrected chi connectivity index (χ4v) is 3.35. The van der Waals surface area contributed by atoms with Gasteiger partial charge >= 0.3 is 16.5 Å². The van der Waals surface area contributed by atoms with E-state index in [-0.39, 0.29) is 34.0 Å². The second kappa shape index (κ2) is 15.3. The fraction of sp³-hybridized carbons (Fsp3) is 0.632. The first kappa shape index (κ1) is 27.4. The number of rotatable bonds is 4. The molecule has 2 fully saturated rings. The number of amides is 2. The van der Waals surface area contributed by atoms with Crippen molar-refractivity contribution >= 4 is 12.2 Å². The smallest absolute Gasteiger partial charge is 0.850 e. The third kappa shape index (κ3) is 9.65. The SMILES string of the molecule is COC1CCCC(/C=N\[N-]C(N)=O)C1[O-].O.[Ni+3].c1ccc(C2CCCC[N-]2)nc1. The minimum Gasteiger partial charge on any atom is -0.850 e. The van der Waals surface area contributed by atoms with E-state index < -0.39 is 12.1 Å². The Morgan fingerprint density at radius 3 is 2.72 bits per heavy atom. The molecule has 1 saturated heterocycles. The summed E-state index contributed by atoms with van der Waals surface area (Å²) in [5.74, 6) is -0.230. The van der Waals surface area contributed by atoms with Gasteiger partial charge in [-0.25, -0.2) is 0 Å². The second-order valence-corrected chi connectivity index (χ2v) is 6.71. The Kier molecular flexibility index (Phi) is 14.5. The second-order valence-electron chi connectivity index (χ2n) is 6.71. The molecule has 1 aromatic heterocycles. The predicted octanol–water partition coefficient (Wildman–Crippen LogP) is 1.82. The first-order chi connectivity index (χ1) is 13.1. The molecule has 9 nitrogen and oxygen atoms in total. The van der Waals surface area contributed by atoms with Crippen LogP contribution in [-0.2, 0) is 21.2 Å². The number of ether oxygens (including phenoxy) is 1. The molecule has 1 aliphatic carbocycles. The van der Waals surface area contributed by atoms with Crippen molar-refractivity contribution in [2.45, 2.75) is 56.8 Å². The summed E-state index contributed by atoms with van der Waals surface area (Å²) < 4.78 is 5.06. The summed E-state index contributed by atoms with van der Waals surface area (Å²) in [6.07, 6.45) is 8.32. The molecular weight excluding hydrogens is 421 g/mol. The van der Waals surface area contributed by atoms with Crippen molar-refractivity contribution in [1.29, 1.82) is 0 Å². The fourth-order valence-electron chi connectivity index (χ4n) is 3.35. The van der Waals surface area contributed by atoms with E-state index in [1.807, 2.05) is 18.3 Å². The van der Waals surface area contributed by atoms with Crippen LogP contribution in [0.3, 0.4) is 0 Å². The predicted molar refractivity (Wildman–Crippen MR) is 106 cm³/mol. The normalized spacial score (nSPS) is 26.3. The van der Waals surface area contributed by atoms with E-state index >= 15 is 0 Å². The third-order valence-electron chi connectivity index (χ3n) is 4.80. The summed E-state index contributed by atoms with van der Waals surface area (Å²) >= 11 is 0. The van der Waals surface area contributed by atoms with Crippen LogP contribution in [0.1, 0.15) is 50.3 Å². The number of urea groups is 1. The molecule has 4 unspecified atom stereocenters. The molecule has 29 heavy (non-hydrogen) atoms. The van der Waals surface area contributed by atoms with Gasteiger partial charge in [0.1, 0.15) is 0 Å². The van der Waals surface area contributed by atoms with Crippen molar-refractivity contribution < 1.29 is 36.6 Å². The molecule has 1 aromatic rings. The number of carbonyl (C=O) groups excluding carboxylic acids is 1. The van der Waals surface area contributed by atoms with Crippen LogP contribution in [0.5, 0.6) is 0 Å². The van der Waals surface area contributed by atoms with Crippen LogP contribution in [0.15, 0.2) is 29.5 Å². The van der Waals surface area contributed by atoms with Crippen molar-refractivity contribution in [2.24, 2.45) is 16.8 Å². The molecule has 4 atom stereocenters. The standard InChI is InChI=1S/C10H13N2.C9H16N3O3.Ni.H2O/c1-3-7-11-9(5-1)10-6-2-4-8-12-10;1-15-7-4-2-3-6(8(7)13)5-11-12-9(10)14;;/h1,3,5,7,10H,2,4,6,8H2;5-8H,2-4H2,1H3,(H3,10,12,14);;1H2/q2*-1;+3;/p-1/b;11-5-;;. The monoisotopic (exact) mass is 450 g/mol. The van der Waals surface area contributed by atoms with Gasteiger partial charge < -0.3 is 31.8 Å². The van der Waals surface area contributed by atoms with Crippen LogP contribution in [0.2, 0.25) is 0 Å². The molecule has 2 amide bonds. The quantitative estimate of drug-likeness (QED) is 0.420. The Morgan fingerprint density at radius 2 is 2.14 bits per heavy atom. The van der Waals surface area contributed by atoms with Crippen molar-refractivity contribution in [2.75, 3.05) is 13.7 Å². The maximum Gasteiger partial charge on any atom is 3.00 e. The number of methoxy groups -OCH3 is 1. The van der Waals surface area contributed by atoms with Gasteiger partial charge in [-0.05, 0) is 30.9 Å². The average Bonchev–Trinajstić information content (AvgIpc) is 2.71. The molecule has 0 aromatic carbocycles. The Balaban J connectivity index is 0.000000514. The topological polar surface area (TPSA) is 160 Å². The van der Waals surface area contributed by atoms with Gasteiger partial charge in [-0.15, -0.1) is 6.54 Å². The number of hydrogen-bond acceptors (Lipinski definition) is 5. The van der Waals surface area contributed by atoms with Gasteiger partial charge in [0.25, 0.3) is 0 Å². The van der Waals surface area contributed by atoms with Gasteiger partial charge in [-0.1, -0.05) is 43.9 Å². The molecule has 0 bridgehead atoms. The number of pyridine rings is 1. The number of nitrogens with zero attached hydrogens (tertiary/aromatic N) is 4. The molecule has 3 rings (SSSR count). The van der Waals surface area contributed by atoms with Crippen molar-refractivity contribution in [1.82, 2.24) is 4.98 Å². The maximum absolute atomic E-state index is 11.7. The van der Waals surface area contributed by atoms with Gasteiger partial charge in [0, 0.05) is 31.3 Å². The molecule has 165 valence electrons. The first-order valence-corrected chi connectivity index (χ1v) is 9.41. The number of hydrogen-bond donors (Lipinski definition) is 1. The van der Waals surface area contributed by atoms with E-state index in [1.165, 1.54) is 32.6 Å². The van der Waals surface area contributed by atoms with Crippen molar-refractivity contribution in [3.63, 3.8) is 0 Å². The van der Waals surface area contributed by atoms with Gasteiger partial charge in [-0.2, -0.15) is 0 Å². The zero-order chi connectivity index (χ0) is 19.5. The molecule has 4 N–H and O–H groups in total. The Hall–Kier alpha value is -1.58. The molecular formula is C19H30N5NiO4. The van der Waals surface area contributed by atoms with E-state index in [1.54, 1.807) is 0 Å². The molecule has 1 aliphatic heterocycles. The number of carbonyl (C=O) groups is 1. The third-order valence-corrected chi connectivity index (χ3v) is 4.80. The van der Waals surface area contributed by atoms with Crippen LogP contribution in [0, 0.1) is 5.92 Å². The maximum atomic E-state index is 11.7. The Morgan fingerprint density at radius 1 is 1.34 bits per heavy atom. The minimum atomic E-state index is -0.854. The van der Waals surface area contributed by atoms with Gasteiger partial charge in [0.2, 0.25) is 0 Å². The van der Waals surface area contributed by atoms with Crippen LogP contribution < -0.4 is 10.8 Å². The number of primary amides is 1. The molecule has 0 spiro atoms. The van der Waals surface area contributed by atoms with Crippen LogP contribution in [0.25, 0.3) is 10.7 Å². The van der Waals surface area contributed by atoms with Gasteiger partial charge in [0.15, 0.2) is 6.03 Å². The van der Waals surface area contributed by atoms with Gasteiger partial charge in [0.05, 0.1) is 0 Å². The van der Waals surface area contributed by atoms with Crippen LogP contribution in [0.4, 0.5) is 4.79 Å². The van der Waals surface area contributed by atoms with E-state index in [9.17, 15) is 9.90 Å². The van der Waals surface area contributed by atoms with Crippen LogP contribution in [-0.4, -0.2) is 48.6 Å². The summed E-state index contributed by atoms with van der Waals surface area (Å²) in [6, 6.07) is 5.57.